The Kier molecular flexibility index (Phi) is 6.86. The minimum atomic E-state index is -0.151. The van der Waals surface area contributed by atoms with Gasteiger partial charge in [0.2, 0.25) is 5.95 Å². The lowest BCUT2D eigenvalue weighted by atomic mass is 9.82. The summed E-state index contributed by atoms with van der Waals surface area (Å²) in [5, 5.41) is 5.46. The molecule has 10 aromatic rings. The summed E-state index contributed by atoms with van der Waals surface area (Å²) in [6.07, 6.45) is 0. The van der Waals surface area contributed by atoms with Crippen LogP contribution in [0, 0.1) is 0 Å². The Balaban J connectivity index is 1.17. The number of aromatic nitrogens is 2. The quantitative estimate of drug-likeness (QED) is 0.179. The van der Waals surface area contributed by atoms with Gasteiger partial charge in [0.1, 0.15) is 11.2 Å². The Morgan fingerprint density at radius 2 is 1.16 bits per heavy atom. The van der Waals surface area contributed by atoms with E-state index in [9.17, 15) is 0 Å². The predicted molar refractivity (Wildman–Crippen MR) is 227 cm³/mol. The summed E-state index contributed by atoms with van der Waals surface area (Å²) in [5.74, 6) is 0.609. The van der Waals surface area contributed by atoms with Crippen LogP contribution >= 0.6 is 0 Å². The van der Waals surface area contributed by atoms with Gasteiger partial charge >= 0.3 is 0 Å². The Morgan fingerprint density at radius 1 is 0.473 bits per heavy atom. The zero-order valence-electron chi connectivity index (χ0n) is 30.5. The molecule has 260 valence electrons. The molecule has 8 aromatic carbocycles. The number of hydrogen-bond donors (Lipinski definition) is 0. The molecule has 0 amide bonds. The van der Waals surface area contributed by atoms with Crippen molar-refractivity contribution in [2.75, 3.05) is 4.90 Å². The molecular weight excluding hydrogens is 671 g/mol. The van der Waals surface area contributed by atoms with Crippen molar-refractivity contribution in [2.45, 2.75) is 19.3 Å². The van der Waals surface area contributed by atoms with E-state index < -0.39 is 0 Å². The van der Waals surface area contributed by atoms with Crippen LogP contribution in [-0.2, 0) is 5.41 Å². The van der Waals surface area contributed by atoms with Gasteiger partial charge in [0, 0.05) is 44.1 Å². The summed E-state index contributed by atoms with van der Waals surface area (Å²) in [6, 6.07) is 62.3. The SMILES string of the molecule is CC1(C)c2ccccc2-c2ccc(N(c3ccccc3)c3nc(-c4cc(-c5ccccc5)c5oc6cc7ccccc7cc6c5c4)c4ccccc4n3)cc21. The molecule has 0 saturated carbocycles. The van der Waals surface area contributed by atoms with Gasteiger partial charge in [0.25, 0.3) is 0 Å². The number of hydrogen-bond acceptors (Lipinski definition) is 4. The van der Waals surface area contributed by atoms with Crippen LogP contribution in [0.5, 0.6) is 0 Å². The highest BCUT2D eigenvalue weighted by molar-refractivity contribution is 6.15. The molecule has 0 atom stereocenters. The normalized spacial score (nSPS) is 13.1. The minimum absolute atomic E-state index is 0.151. The molecule has 0 spiro atoms. The van der Waals surface area contributed by atoms with Gasteiger partial charge in [-0.3, -0.25) is 4.90 Å². The maximum Gasteiger partial charge on any atom is 0.235 e. The number of fused-ring (bicyclic) bond motifs is 8. The van der Waals surface area contributed by atoms with Crippen LogP contribution < -0.4 is 4.90 Å². The van der Waals surface area contributed by atoms with Crippen molar-refractivity contribution in [3.8, 4) is 33.5 Å². The molecule has 0 radical (unpaired) electrons. The van der Waals surface area contributed by atoms with Crippen molar-refractivity contribution in [3.05, 3.63) is 187 Å². The Bertz CT molecular complexity index is 3130. The Labute approximate surface area is 319 Å². The molecule has 55 heavy (non-hydrogen) atoms. The molecule has 0 saturated heterocycles. The van der Waals surface area contributed by atoms with Crippen LogP contribution in [0.1, 0.15) is 25.0 Å². The first kappa shape index (κ1) is 31.5. The van der Waals surface area contributed by atoms with Gasteiger partial charge in [-0.1, -0.05) is 135 Å². The van der Waals surface area contributed by atoms with Crippen LogP contribution in [0.3, 0.4) is 0 Å². The van der Waals surface area contributed by atoms with Crippen LogP contribution in [-0.4, -0.2) is 9.97 Å². The van der Waals surface area contributed by atoms with E-state index in [1.165, 1.54) is 27.6 Å². The summed E-state index contributed by atoms with van der Waals surface area (Å²) in [6.45, 7) is 4.64. The monoisotopic (exact) mass is 705 g/mol. The van der Waals surface area contributed by atoms with Gasteiger partial charge < -0.3 is 4.42 Å². The van der Waals surface area contributed by atoms with E-state index in [2.05, 4.69) is 195 Å². The number of rotatable bonds is 5. The fourth-order valence-corrected chi connectivity index (χ4v) is 8.70. The fraction of sp³-hybridized carbons (Fsp3) is 0.0588. The molecule has 2 heterocycles. The van der Waals surface area contributed by atoms with E-state index >= 15 is 0 Å². The molecule has 0 bridgehead atoms. The summed E-state index contributed by atoms with van der Waals surface area (Å²) in [5.41, 5.74) is 13.7. The smallest absolute Gasteiger partial charge is 0.235 e. The minimum Gasteiger partial charge on any atom is -0.455 e. The van der Waals surface area contributed by atoms with Gasteiger partial charge in [-0.25, -0.2) is 9.97 Å². The topological polar surface area (TPSA) is 42.2 Å². The second-order valence-corrected chi connectivity index (χ2v) is 15.0. The summed E-state index contributed by atoms with van der Waals surface area (Å²) >= 11 is 0. The summed E-state index contributed by atoms with van der Waals surface area (Å²) < 4.78 is 6.74. The van der Waals surface area contributed by atoms with E-state index in [1.54, 1.807) is 0 Å². The number of furan rings is 1. The standard InChI is InChI=1S/C51H35N3O/c1-51(2)44-23-13-11-21-38(44)39-26-25-37(31-45(39)51)54(36-19-7-4-8-20-36)50-52-46-24-14-12-22-40(46)48(53-50)35-28-41(32-15-5-3-6-16-32)49-43(29-35)42-27-33-17-9-10-18-34(33)30-47(42)55-49/h3-31H,1-2H3. The van der Waals surface area contributed by atoms with Crippen molar-refractivity contribution in [3.63, 3.8) is 0 Å². The van der Waals surface area contributed by atoms with E-state index in [-0.39, 0.29) is 5.41 Å². The van der Waals surface area contributed by atoms with Crippen molar-refractivity contribution in [2.24, 2.45) is 0 Å². The van der Waals surface area contributed by atoms with Gasteiger partial charge in [-0.2, -0.15) is 0 Å². The van der Waals surface area contributed by atoms with E-state index in [0.29, 0.717) is 5.95 Å². The molecule has 1 aliphatic rings. The molecule has 0 unspecified atom stereocenters. The molecule has 4 heteroatoms. The van der Waals surface area contributed by atoms with Gasteiger partial charge in [-0.05, 0) is 93.2 Å². The van der Waals surface area contributed by atoms with Crippen LogP contribution in [0.2, 0.25) is 0 Å². The fourth-order valence-electron chi connectivity index (χ4n) is 8.70. The second-order valence-electron chi connectivity index (χ2n) is 15.0. The Morgan fingerprint density at radius 3 is 2.00 bits per heavy atom. The predicted octanol–water partition coefficient (Wildman–Crippen LogP) is 13.8. The first-order chi connectivity index (χ1) is 27.0. The maximum atomic E-state index is 6.74. The molecule has 11 rings (SSSR count). The van der Waals surface area contributed by atoms with Crippen molar-refractivity contribution in [1.82, 2.24) is 9.97 Å². The van der Waals surface area contributed by atoms with E-state index in [4.69, 9.17) is 14.4 Å². The molecule has 4 nitrogen and oxygen atoms in total. The molecular formula is C51H35N3O. The highest BCUT2D eigenvalue weighted by Gasteiger charge is 2.36. The molecule has 0 fully saturated rings. The number of para-hydroxylation sites is 2. The lowest BCUT2D eigenvalue weighted by Gasteiger charge is -2.27. The average Bonchev–Trinajstić information content (AvgIpc) is 3.70. The van der Waals surface area contributed by atoms with E-state index in [0.717, 1.165) is 72.0 Å². The third kappa shape index (κ3) is 4.92. The maximum absolute atomic E-state index is 6.74. The third-order valence-electron chi connectivity index (χ3n) is 11.4. The first-order valence-electron chi connectivity index (χ1n) is 18.8. The highest BCUT2D eigenvalue weighted by Crippen LogP contribution is 2.51. The van der Waals surface area contributed by atoms with Crippen LogP contribution in [0.4, 0.5) is 17.3 Å². The van der Waals surface area contributed by atoms with Crippen LogP contribution in [0.25, 0.3) is 77.1 Å². The molecule has 0 N–H and O–H groups in total. The molecule has 0 aliphatic heterocycles. The summed E-state index contributed by atoms with van der Waals surface area (Å²) in [7, 11) is 0. The lowest BCUT2D eigenvalue weighted by molar-refractivity contribution is 0.660. The number of benzene rings is 8. The van der Waals surface area contributed by atoms with Crippen molar-refractivity contribution in [1.29, 1.82) is 0 Å². The molecule has 2 aromatic heterocycles. The van der Waals surface area contributed by atoms with Crippen molar-refractivity contribution >= 4 is 60.9 Å². The zero-order chi connectivity index (χ0) is 36.7. The second kappa shape index (κ2) is 12.0. The number of nitrogens with zero attached hydrogens (tertiary/aromatic N) is 3. The molecule has 1 aliphatic carbocycles. The largest absolute Gasteiger partial charge is 0.455 e. The lowest BCUT2D eigenvalue weighted by Crippen LogP contribution is -2.17. The third-order valence-corrected chi connectivity index (χ3v) is 11.4. The number of anilines is 3. The van der Waals surface area contributed by atoms with Crippen molar-refractivity contribution < 1.29 is 4.42 Å². The Hall–Kier alpha value is -7.04. The van der Waals surface area contributed by atoms with Crippen LogP contribution in [0.15, 0.2) is 180 Å². The first-order valence-corrected chi connectivity index (χ1v) is 18.8. The average molecular weight is 706 g/mol. The van der Waals surface area contributed by atoms with E-state index in [1.807, 2.05) is 0 Å². The zero-order valence-corrected chi connectivity index (χ0v) is 30.5. The van der Waals surface area contributed by atoms with Gasteiger partial charge in [-0.15, -0.1) is 0 Å². The van der Waals surface area contributed by atoms with Gasteiger partial charge in [0.15, 0.2) is 0 Å². The summed E-state index contributed by atoms with van der Waals surface area (Å²) in [4.78, 5) is 13.0. The highest BCUT2D eigenvalue weighted by atomic mass is 16.3. The van der Waals surface area contributed by atoms with Gasteiger partial charge in [0.05, 0.1) is 11.2 Å².